The highest BCUT2D eigenvalue weighted by Crippen LogP contribution is 2.25. The fraction of sp³-hybridized carbons (Fsp3) is 0.875. The number of carboxylic acid groups (broad SMARTS) is 1. The molecule has 0 aromatic heterocycles. The van der Waals surface area contributed by atoms with Crippen LogP contribution in [-0.2, 0) is 14.3 Å². The van der Waals surface area contributed by atoms with Crippen LogP contribution in [-0.4, -0.2) is 62.3 Å². The molecule has 2 rings (SSSR count). The Bertz CT molecular complexity index is 311. The third-order valence-electron chi connectivity index (χ3n) is 4.61. The first-order valence-corrected chi connectivity index (χ1v) is 8.28. The van der Waals surface area contributed by atoms with Crippen LogP contribution in [0, 0.1) is 11.8 Å². The van der Waals surface area contributed by atoms with Crippen LogP contribution < -0.4 is 5.32 Å². The molecule has 22 heavy (non-hydrogen) atoms. The Morgan fingerprint density at radius 3 is 2.41 bits per heavy atom. The molecule has 1 saturated carbocycles. The maximum Gasteiger partial charge on any atom is 0.290 e. The molecule has 1 amide bonds. The molecule has 1 aliphatic heterocycles. The summed E-state index contributed by atoms with van der Waals surface area (Å²) in [5, 5.41) is 10.1. The summed E-state index contributed by atoms with van der Waals surface area (Å²) in [6.45, 7) is 4.79. The average Bonchev–Trinajstić information content (AvgIpc) is 3.07. The third-order valence-corrected chi connectivity index (χ3v) is 4.61. The van der Waals surface area contributed by atoms with Crippen LogP contribution in [0.5, 0.6) is 0 Å². The van der Waals surface area contributed by atoms with Crippen molar-refractivity contribution in [2.75, 3.05) is 39.9 Å². The standard InChI is InChI=1S/C15H28N2O2.CH2O2/c1-19-11-10-17-8-6-13(7-9-17)12-16-15(18)14-4-2-3-5-14;2-1-3/h13-14H,2-12H2,1H3,(H,16,18);1H,(H,2,3). The second-order valence-corrected chi connectivity index (χ2v) is 6.11. The quantitative estimate of drug-likeness (QED) is 0.724. The average molecular weight is 314 g/mol. The lowest BCUT2D eigenvalue weighted by Gasteiger charge is -2.31. The van der Waals surface area contributed by atoms with Gasteiger partial charge in [-0.3, -0.25) is 9.59 Å². The Morgan fingerprint density at radius 2 is 1.86 bits per heavy atom. The molecule has 1 saturated heterocycles. The number of nitrogens with one attached hydrogen (secondary N) is 1. The summed E-state index contributed by atoms with van der Waals surface area (Å²) in [7, 11) is 1.76. The number of carbonyl (C=O) groups is 2. The van der Waals surface area contributed by atoms with E-state index < -0.39 is 0 Å². The summed E-state index contributed by atoms with van der Waals surface area (Å²) < 4.78 is 5.11. The van der Waals surface area contributed by atoms with Crippen molar-refractivity contribution in [3.8, 4) is 0 Å². The van der Waals surface area contributed by atoms with E-state index in [4.69, 9.17) is 14.6 Å². The minimum atomic E-state index is -0.250. The molecule has 0 atom stereocenters. The van der Waals surface area contributed by atoms with Crippen molar-refractivity contribution in [3.05, 3.63) is 0 Å². The molecule has 6 heteroatoms. The lowest BCUT2D eigenvalue weighted by Crippen LogP contribution is -2.40. The molecule has 128 valence electrons. The van der Waals surface area contributed by atoms with Crippen LogP contribution in [0.25, 0.3) is 0 Å². The highest BCUT2D eigenvalue weighted by atomic mass is 16.5. The number of nitrogens with zero attached hydrogens (tertiary/aromatic N) is 1. The number of carbonyl (C=O) groups excluding carboxylic acids is 1. The van der Waals surface area contributed by atoms with Crippen LogP contribution in [0.3, 0.4) is 0 Å². The number of methoxy groups -OCH3 is 1. The van der Waals surface area contributed by atoms with Gasteiger partial charge in [0.15, 0.2) is 0 Å². The van der Waals surface area contributed by atoms with Crippen molar-refractivity contribution >= 4 is 12.4 Å². The van der Waals surface area contributed by atoms with Crippen LogP contribution in [0.2, 0.25) is 0 Å². The van der Waals surface area contributed by atoms with Gasteiger partial charge in [-0.1, -0.05) is 12.8 Å². The van der Waals surface area contributed by atoms with Crippen molar-refractivity contribution in [2.24, 2.45) is 11.8 Å². The molecule has 0 aromatic rings. The summed E-state index contributed by atoms with van der Waals surface area (Å²) in [4.78, 5) is 22.8. The molecule has 0 unspecified atom stereocenters. The number of ether oxygens (including phenoxy) is 1. The van der Waals surface area contributed by atoms with E-state index in [-0.39, 0.29) is 6.47 Å². The van der Waals surface area contributed by atoms with Gasteiger partial charge in [0.05, 0.1) is 6.61 Å². The van der Waals surface area contributed by atoms with Crippen molar-refractivity contribution < 1.29 is 19.4 Å². The molecular weight excluding hydrogens is 284 g/mol. The molecule has 0 spiro atoms. The van der Waals surface area contributed by atoms with Crippen LogP contribution in [0.1, 0.15) is 38.5 Å². The zero-order chi connectivity index (χ0) is 16.2. The topological polar surface area (TPSA) is 78.9 Å². The number of piperidine rings is 1. The highest BCUT2D eigenvalue weighted by molar-refractivity contribution is 5.78. The Balaban J connectivity index is 0.000000745. The Hall–Kier alpha value is -1.14. The van der Waals surface area contributed by atoms with E-state index in [0.29, 0.717) is 17.7 Å². The first-order valence-electron chi connectivity index (χ1n) is 8.28. The molecular formula is C16H30N2O4. The largest absolute Gasteiger partial charge is 0.483 e. The van der Waals surface area contributed by atoms with E-state index >= 15 is 0 Å². The number of amides is 1. The maximum atomic E-state index is 12.0. The fourth-order valence-corrected chi connectivity index (χ4v) is 3.21. The predicted molar refractivity (Wildman–Crippen MR) is 84.7 cm³/mol. The van der Waals surface area contributed by atoms with Gasteiger partial charge in [0.25, 0.3) is 6.47 Å². The van der Waals surface area contributed by atoms with Gasteiger partial charge in [-0.15, -0.1) is 0 Å². The second-order valence-electron chi connectivity index (χ2n) is 6.11. The fourth-order valence-electron chi connectivity index (χ4n) is 3.21. The van der Waals surface area contributed by atoms with E-state index in [1.165, 1.54) is 25.7 Å². The smallest absolute Gasteiger partial charge is 0.290 e. The summed E-state index contributed by atoms with van der Waals surface area (Å²) in [6.07, 6.45) is 7.07. The van der Waals surface area contributed by atoms with Gasteiger partial charge < -0.3 is 20.1 Å². The Morgan fingerprint density at radius 1 is 1.27 bits per heavy atom. The summed E-state index contributed by atoms with van der Waals surface area (Å²) >= 11 is 0. The first-order chi connectivity index (χ1) is 10.7. The summed E-state index contributed by atoms with van der Waals surface area (Å²) in [6, 6.07) is 0. The second kappa shape index (κ2) is 11.4. The van der Waals surface area contributed by atoms with Gasteiger partial charge in [-0.2, -0.15) is 0 Å². The van der Waals surface area contributed by atoms with Gasteiger partial charge in [0, 0.05) is 26.1 Å². The third kappa shape index (κ3) is 7.22. The molecule has 0 bridgehead atoms. The van der Waals surface area contributed by atoms with Crippen LogP contribution in [0.15, 0.2) is 0 Å². The molecule has 1 aliphatic carbocycles. The van der Waals surface area contributed by atoms with Crippen molar-refractivity contribution in [2.45, 2.75) is 38.5 Å². The van der Waals surface area contributed by atoms with Gasteiger partial charge in [-0.25, -0.2) is 0 Å². The lowest BCUT2D eigenvalue weighted by molar-refractivity contribution is -0.125. The Labute approximate surface area is 133 Å². The predicted octanol–water partition coefficient (Wildman–Crippen LogP) is 1.35. The molecule has 0 aromatic carbocycles. The molecule has 1 heterocycles. The normalized spacial score (nSPS) is 20.2. The van der Waals surface area contributed by atoms with Crippen LogP contribution in [0.4, 0.5) is 0 Å². The van der Waals surface area contributed by atoms with Crippen molar-refractivity contribution in [1.82, 2.24) is 10.2 Å². The number of rotatable bonds is 6. The van der Waals surface area contributed by atoms with Crippen molar-refractivity contribution in [1.29, 1.82) is 0 Å². The number of likely N-dealkylation sites (tertiary alicyclic amines) is 1. The molecule has 2 N–H and O–H groups in total. The lowest BCUT2D eigenvalue weighted by atomic mass is 9.96. The minimum absolute atomic E-state index is 0.250. The molecule has 0 radical (unpaired) electrons. The molecule has 2 aliphatic rings. The highest BCUT2D eigenvalue weighted by Gasteiger charge is 2.24. The summed E-state index contributed by atoms with van der Waals surface area (Å²) in [5.74, 6) is 1.28. The molecule has 6 nitrogen and oxygen atoms in total. The van der Waals surface area contributed by atoms with E-state index in [1.54, 1.807) is 7.11 Å². The molecule has 2 fully saturated rings. The minimum Gasteiger partial charge on any atom is -0.483 e. The number of hydrogen-bond donors (Lipinski definition) is 2. The Kier molecular flexibility index (Phi) is 9.82. The SMILES string of the molecule is COCCN1CCC(CNC(=O)C2CCCC2)CC1.O=CO. The van der Waals surface area contributed by atoms with E-state index in [0.717, 1.165) is 45.6 Å². The van der Waals surface area contributed by atoms with Gasteiger partial charge in [-0.05, 0) is 44.7 Å². The van der Waals surface area contributed by atoms with Crippen molar-refractivity contribution in [3.63, 3.8) is 0 Å². The number of hydrogen-bond acceptors (Lipinski definition) is 4. The summed E-state index contributed by atoms with van der Waals surface area (Å²) in [5.41, 5.74) is 0. The monoisotopic (exact) mass is 314 g/mol. The maximum absolute atomic E-state index is 12.0. The van der Waals surface area contributed by atoms with E-state index in [9.17, 15) is 4.79 Å². The van der Waals surface area contributed by atoms with Gasteiger partial charge in [0.1, 0.15) is 0 Å². The van der Waals surface area contributed by atoms with Crippen LogP contribution >= 0.6 is 0 Å². The zero-order valence-corrected chi connectivity index (χ0v) is 13.6. The van der Waals surface area contributed by atoms with E-state index in [2.05, 4.69) is 10.2 Å². The van der Waals surface area contributed by atoms with Gasteiger partial charge in [0.2, 0.25) is 5.91 Å². The first kappa shape index (κ1) is 18.9. The van der Waals surface area contributed by atoms with E-state index in [1.807, 2.05) is 0 Å². The zero-order valence-electron chi connectivity index (χ0n) is 13.6. The van der Waals surface area contributed by atoms with Gasteiger partial charge >= 0.3 is 0 Å².